The van der Waals surface area contributed by atoms with Gasteiger partial charge in [-0.2, -0.15) is 0 Å². The van der Waals surface area contributed by atoms with Crippen molar-refractivity contribution >= 4 is 11.4 Å². The lowest BCUT2D eigenvalue weighted by atomic mass is 10.2. The Morgan fingerprint density at radius 2 is 1.80 bits per heavy atom. The highest BCUT2D eigenvalue weighted by Gasteiger charge is 2.02. The Bertz CT molecular complexity index is 565. The summed E-state index contributed by atoms with van der Waals surface area (Å²) < 4.78 is 5.02. The molecule has 0 aromatic heterocycles. The van der Waals surface area contributed by atoms with Gasteiger partial charge in [0.15, 0.2) is 11.5 Å². The molecule has 0 aliphatic heterocycles. The third-order valence-electron chi connectivity index (χ3n) is 3.13. The number of methoxy groups -OCH3 is 1. The number of nitrogens with one attached hydrogen (secondary N) is 1. The molecule has 20 heavy (non-hydrogen) atoms. The number of benzene rings is 2. The minimum absolute atomic E-state index is 0.139. The Kier molecular flexibility index (Phi) is 4.35. The van der Waals surface area contributed by atoms with Gasteiger partial charge in [-0.3, -0.25) is 0 Å². The molecule has 0 atom stereocenters. The molecule has 2 aromatic rings. The van der Waals surface area contributed by atoms with E-state index >= 15 is 0 Å². The highest BCUT2D eigenvalue weighted by molar-refractivity contribution is 5.54. The fourth-order valence-electron chi connectivity index (χ4n) is 1.92. The Labute approximate surface area is 119 Å². The Morgan fingerprint density at radius 1 is 1.10 bits per heavy atom. The number of rotatable bonds is 5. The fourth-order valence-corrected chi connectivity index (χ4v) is 1.92. The first-order valence-electron chi connectivity index (χ1n) is 6.47. The van der Waals surface area contributed by atoms with Crippen molar-refractivity contribution in [3.8, 4) is 11.5 Å². The molecule has 2 N–H and O–H groups in total. The van der Waals surface area contributed by atoms with Gasteiger partial charge in [-0.25, -0.2) is 0 Å². The van der Waals surface area contributed by atoms with E-state index in [0.29, 0.717) is 12.3 Å². The lowest BCUT2D eigenvalue weighted by Crippen LogP contribution is -2.08. The van der Waals surface area contributed by atoms with E-state index in [0.717, 1.165) is 5.69 Å². The van der Waals surface area contributed by atoms with Crippen molar-refractivity contribution in [3.63, 3.8) is 0 Å². The van der Waals surface area contributed by atoms with Crippen LogP contribution in [0.25, 0.3) is 0 Å². The van der Waals surface area contributed by atoms with Crippen molar-refractivity contribution in [2.75, 3.05) is 31.4 Å². The third kappa shape index (κ3) is 3.35. The van der Waals surface area contributed by atoms with Gasteiger partial charge in [0.05, 0.1) is 7.11 Å². The summed E-state index contributed by atoms with van der Waals surface area (Å²) in [7, 11) is 5.58. The van der Waals surface area contributed by atoms with Crippen molar-refractivity contribution in [1.29, 1.82) is 0 Å². The molecule has 0 amide bonds. The molecular weight excluding hydrogens is 252 g/mol. The molecule has 2 aromatic carbocycles. The van der Waals surface area contributed by atoms with Crippen LogP contribution < -0.4 is 15.0 Å². The second-order valence-electron chi connectivity index (χ2n) is 4.80. The molecule has 2 rings (SSSR count). The minimum Gasteiger partial charge on any atom is -0.504 e. The topological polar surface area (TPSA) is 44.7 Å². The van der Waals surface area contributed by atoms with Gasteiger partial charge in [0.2, 0.25) is 0 Å². The summed E-state index contributed by atoms with van der Waals surface area (Å²) in [5, 5.41) is 13.0. The van der Waals surface area contributed by atoms with Gasteiger partial charge in [-0.15, -0.1) is 0 Å². The summed E-state index contributed by atoms with van der Waals surface area (Å²) in [6, 6.07) is 13.6. The summed E-state index contributed by atoms with van der Waals surface area (Å²) in [4.78, 5) is 2.07. The second-order valence-corrected chi connectivity index (χ2v) is 4.80. The third-order valence-corrected chi connectivity index (χ3v) is 3.13. The van der Waals surface area contributed by atoms with Crippen molar-refractivity contribution < 1.29 is 9.84 Å². The summed E-state index contributed by atoms with van der Waals surface area (Å²) in [5.74, 6) is 0.617. The Hall–Kier alpha value is -2.36. The molecule has 0 aliphatic rings. The molecule has 0 saturated carbocycles. The monoisotopic (exact) mass is 272 g/mol. The highest BCUT2D eigenvalue weighted by atomic mass is 16.5. The first-order chi connectivity index (χ1) is 9.60. The van der Waals surface area contributed by atoms with E-state index in [2.05, 4.69) is 34.5 Å². The number of anilines is 2. The summed E-state index contributed by atoms with van der Waals surface area (Å²) >= 11 is 0. The van der Waals surface area contributed by atoms with E-state index in [1.807, 2.05) is 20.2 Å². The number of hydrogen-bond donors (Lipinski definition) is 2. The maximum atomic E-state index is 9.72. The molecule has 106 valence electrons. The van der Waals surface area contributed by atoms with Crippen molar-refractivity contribution in [2.45, 2.75) is 6.54 Å². The first-order valence-corrected chi connectivity index (χ1v) is 6.47. The van der Waals surface area contributed by atoms with E-state index in [9.17, 15) is 5.11 Å². The predicted octanol–water partition coefficient (Wildman–Crippen LogP) is 3.08. The quantitative estimate of drug-likeness (QED) is 0.878. The molecule has 0 fully saturated rings. The van der Waals surface area contributed by atoms with Gasteiger partial charge in [0, 0.05) is 38.1 Å². The van der Waals surface area contributed by atoms with Gasteiger partial charge < -0.3 is 20.1 Å². The number of phenolic OH excluding ortho intramolecular Hbond substituents is 1. The molecule has 4 nitrogen and oxygen atoms in total. The lowest BCUT2D eigenvalue weighted by Gasteiger charge is -2.13. The van der Waals surface area contributed by atoms with Crippen molar-refractivity contribution in [1.82, 2.24) is 0 Å². The first kappa shape index (κ1) is 14.1. The number of nitrogens with zero attached hydrogens (tertiary/aromatic N) is 1. The van der Waals surface area contributed by atoms with Gasteiger partial charge in [0.1, 0.15) is 0 Å². The molecule has 0 unspecified atom stereocenters. The smallest absolute Gasteiger partial charge is 0.160 e. The van der Waals surface area contributed by atoms with E-state index in [4.69, 9.17) is 4.74 Å². The van der Waals surface area contributed by atoms with Crippen LogP contribution in [-0.2, 0) is 6.54 Å². The lowest BCUT2D eigenvalue weighted by molar-refractivity contribution is 0.373. The Balaban J connectivity index is 1.99. The zero-order valence-corrected chi connectivity index (χ0v) is 12.1. The normalized spacial score (nSPS) is 10.2. The van der Waals surface area contributed by atoms with Gasteiger partial charge >= 0.3 is 0 Å². The average Bonchev–Trinajstić information content (AvgIpc) is 2.45. The molecular formula is C16H20N2O2. The SMILES string of the molecule is COc1ccc(NCc2ccc(N(C)C)cc2)cc1O. The molecule has 0 bridgehead atoms. The summed E-state index contributed by atoms with van der Waals surface area (Å²) in [6.45, 7) is 0.708. The molecule has 0 saturated heterocycles. The van der Waals surface area contributed by atoms with Crippen LogP contribution in [-0.4, -0.2) is 26.3 Å². The van der Waals surface area contributed by atoms with Crippen molar-refractivity contribution in [2.24, 2.45) is 0 Å². The van der Waals surface area contributed by atoms with E-state index in [1.54, 1.807) is 12.1 Å². The van der Waals surface area contributed by atoms with Gasteiger partial charge in [-0.05, 0) is 29.8 Å². The Morgan fingerprint density at radius 3 is 2.35 bits per heavy atom. The maximum Gasteiger partial charge on any atom is 0.160 e. The maximum absolute atomic E-state index is 9.72. The van der Waals surface area contributed by atoms with Crippen LogP contribution in [0.4, 0.5) is 11.4 Å². The summed E-state index contributed by atoms with van der Waals surface area (Å²) in [6.07, 6.45) is 0. The van der Waals surface area contributed by atoms with Crippen LogP contribution in [0.5, 0.6) is 11.5 Å². The van der Waals surface area contributed by atoms with E-state index in [1.165, 1.54) is 18.4 Å². The van der Waals surface area contributed by atoms with Crippen LogP contribution in [0.3, 0.4) is 0 Å². The van der Waals surface area contributed by atoms with Crippen LogP contribution >= 0.6 is 0 Å². The minimum atomic E-state index is 0.139. The van der Waals surface area contributed by atoms with Crippen LogP contribution in [0, 0.1) is 0 Å². The zero-order chi connectivity index (χ0) is 14.5. The van der Waals surface area contributed by atoms with Crippen LogP contribution in [0.15, 0.2) is 42.5 Å². The van der Waals surface area contributed by atoms with Gasteiger partial charge in [0.25, 0.3) is 0 Å². The van der Waals surface area contributed by atoms with Crippen molar-refractivity contribution in [3.05, 3.63) is 48.0 Å². The fraction of sp³-hybridized carbons (Fsp3) is 0.250. The number of aromatic hydroxyl groups is 1. The van der Waals surface area contributed by atoms with Crippen LogP contribution in [0.1, 0.15) is 5.56 Å². The summed E-state index contributed by atoms with van der Waals surface area (Å²) in [5.41, 5.74) is 3.22. The van der Waals surface area contributed by atoms with Crippen LogP contribution in [0.2, 0.25) is 0 Å². The highest BCUT2D eigenvalue weighted by Crippen LogP contribution is 2.28. The number of hydrogen-bond acceptors (Lipinski definition) is 4. The van der Waals surface area contributed by atoms with Gasteiger partial charge in [-0.1, -0.05) is 12.1 Å². The molecule has 0 heterocycles. The number of phenols is 1. The largest absolute Gasteiger partial charge is 0.504 e. The van der Waals surface area contributed by atoms with E-state index < -0.39 is 0 Å². The number of ether oxygens (including phenoxy) is 1. The molecule has 4 heteroatoms. The second kappa shape index (κ2) is 6.19. The predicted molar refractivity (Wildman–Crippen MR) is 82.8 cm³/mol. The molecule has 0 aliphatic carbocycles. The average molecular weight is 272 g/mol. The van der Waals surface area contributed by atoms with E-state index in [-0.39, 0.29) is 5.75 Å². The zero-order valence-electron chi connectivity index (χ0n) is 12.1. The molecule has 0 spiro atoms. The molecule has 0 radical (unpaired) electrons. The standard InChI is InChI=1S/C16H20N2O2/c1-18(2)14-7-4-12(5-8-14)11-17-13-6-9-16(20-3)15(19)10-13/h4-10,17,19H,11H2,1-3H3.